The highest BCUT2D eigenvalue weighted by Gasteiger charge is 2.13. The largest absolute Gasteiger partial charge is 0.290 e. The average molecular weight is 288 g/mol. The van der Waals surface area contributed by atoms with Crippen LogP contribution < -0.4 is 0 Å². The molecular formula is C21H20O. The van der Waals surface area contributed by atoms with Crippen LogP contribution in [0.25, 0.3) is 5.57 Å². The smallest absolute Gasteiger partial charge is 0.182 e. The fraction of sp³-hybridized carbons (Fsp3) is 0.190. The maximum atomic E-state index is 12.6. The molecule has 0 atom stereocenters. The molecule has 0 fully saturated rings. The minimum Gasteiger partial charge on any atom is -0.290 e. The Morgan fingerprint density at radius 3 is 1.91 bits per heavy atom. The maximum Gasteiger partial charge on any atom is 0.182 e. The number of hydrogen-bond acceptors (Lipinski definition) is 1. The van der Waals surface area contributed by atoms with Crippen LogP contribution in [-0.2, 0) is 4.79 Å². The van der Waals surface area contributed by atoms with E-state index in [1.807, 2.05) is 42.5 Å². The van der Waals surface area contributed by atoms with E-state index in [9.17, 15) is 4.79 Å². The van der Waals surface area contributed by atoms with Gasteiger partial charge in [-0.25, -0.2) is 0 Å². The summed E-state index contributed by atoms with van der Waals surface area (Å²) < 4.78 is 0. The molecule has 0 N–H and O–H groups in total. The van der Waals surface area contributed by atoms with Crippen molar-refractivity contribution in [2.75, 3.05) is 0 Å². The molecule has 2 aromatic rings. The highest BCUT2D eigenvalue weighted by Crippen LogP contribution is 2.25. The lowest BCUT2D eigenvalue weighted by molar-refractivity contribution is -0.111. The zero-order valence-corrected chi connectivity index (χ0v) is 12.7. The second-order valence-electron chi connectivity index (χ2n) is 5.63. The molecule has 0 bridgehead atoms. The molecule has 0 aliphatic heterocycles. The van der Waals surface area contributed by atoms with Gasteiger partial charge in [0.25, 0.3) is 0 Å². The van der Waals surface area contributed by atoms with E-state index in [-0.39, 0.29) is 5.78 Å². The van der Waals surface area contributed by atoms with E-state index in [0.29, 0.717) is 0 Å². The Morgan fingerprint density at radius 1 is 0.818 bits per heavy atom. The van der Waals surface area contributed by atoms with Crippen molar-refractivity contribution < 1.29 is 4.79 Å². The fourth-order valence-corrected chi connectivity index (χ4v) is 2.85. The molecule has 1 nitrogen and oxygen atoms in total. The number of rotatable bonds is 4. The van der Waals surface area contributed by atoms with Crippen molar-refractivity contribution >= 4 is 11.4 Å². The summed E-state index contributed by atoms with van der Waals surface area (Å²) in [5.74, 6) is 0.155. The van der Waals surface area contributed by atoms with Gasteiger partial charge in [-0.15, -0.1) is 0 Å². The van der Waals surface area contributed by atoms with Crippen molar-refractivity contribution in [2.24, 2.45) is 0 Å². The van der Waals surface area contributed by atoms with Gasteiger partial charge in [0.2, 0.25) is 0 Å². The summed E-state index contributed by atoms with van der Waals surface area (Å²) in [6, 6.07) is 20.3. The summed E-state index contributed by atoms with van der Waals surface area (Å²) in [5, 5.41) is 0. The summed E-state index contributed by atoms with van der Waals surface area (Å²) in [5.41, 5.74) is 4.13. The molecular weight excluding hydrogens is 268 g/mol. The fourth-order valence-electron chi connectivity index (χ4n) is 2.85. The summed E-state index contributed by atoms with van der Waals surface area (Å²) in [4.78, 5) is 12.6. The quantitative estimate of drug-likeness (QED) is 0.708. The standard InChI is InChI=1S/C21H20O/c22-21(19-14-8-3-9-15-19)16-20(17-10-4-1-5-11-17)18-12-6-2-7-13-18/h1-2,4-7,10-14,16H,3,8-9,15H2. The van der Waals surface area contributed by atoms with Crippen molar-refractivity contribution in [1.82, 2.24) is 0 Å². The molecule has 2 aromatic carbocycles. The molecule has 1 aliphatic rings. The van der Waals surface area contributed by atoms with Crippen LogP contribution in [0, 0.1) is 0 Å². The molecule has 1 aliphatic carbocycles. The summed E-state index contributed by atoms with van der Waals surface area (Å²) in [6.45, 7) is 0. The second kappa shape index (κ2) is 7.04. The molecule has 0 aromatic heterocycles. The Morgan fingerprint density at radius 2 is 1.41 bits per heavy atom. The van der Waals surface area contributed by atoms with Crippen LogP contribution in [0.1, 0.15) is 36.8 Å². The zero-order chi connectivity index (χ0) is 15.2. The molecule has 0 unspecified atom stereocenters. The molecule has 0 saturated heterocycles. The Bertz CT molecular complexity index is 652. The van der Waals surface area contributed by atoms with E-state index in [4.69, 9.17) is 0 Å². The Labute approximate surface area is 132 Å². The van der Waals surface area contributed by atoms with Crippen LogP contribution in [0.4, 0.5) is 0 Å². The Hall–Kier alpha value is -2.41. The molecule has 110 valence electrons. The van der Waals surface area contributed by atoms with Gasteiger partial charge < -0.3 is 0 Å². The van der Waals surface area contributed by atoms with E-state index in [1.54, 1.807) is 0 Å². The Balaban J connectivity index is 2.00. The van der Waals surface area contributed by atoms with Gasteiger partial charge in [0, 0.05) is 0 Å². The molecule has 3 rings (SSSR count). The van der Waals surface area contributed by atoms with E-state index < -0.39 is 0 Å². The van der Waals surface area contributed by atoms with Crippen LogP contribution in [0.15, 0.2) is 78.4 Å². The van der Waals surface area contributed by atoms with Gasteiger partial charge in [0.15, 0.2) is 5.78 Å². The maximum absolute atomic E-state index is 12.6. The third-order valence-electron chi connectivity index (χ3n) is 4.05. The highest BCUT2D eigenvalue weighted by molar-refractivity contribution is 6.09. The van der Waals surface area contributed by atoms with Crippen LogP contribution >= 0.6 is 0 Å². The third-order valence-corrected chi connectivity index (χ3v) is 4.05. The van der Waals surface area contributed by atoms with Gasteiger partial charge in [-0.1, -0.05) is 66.7 Å². The zero-order valence-electron chi connectivity index (χ0n) is 12.7. The highest BCUT2D eigenvalue weighted by atomic mass is 16.1. The van der Waals surface area contributed by atoms with E-state index >= 15 is 0 Å². The van der Waals surface area contributed by atoms with Gasteiger partial charge >= 0.3 is 0 Å². The number of ketones is 1. The average Bonchev–Trinajstić information content (AvgIpc) is 2.62. The van der Waals surface area contributed by atoms with Gasteiger partial charge in [0.05, 0.1) is 0 Å². The number of carbonyl (C=O) groups is 1. The monoisotopic (exact) mass is 288 g/mol. The lowest BCUT2D eigenvalue weighted by Gasteiger charge is -2.12. The lowest BCUT2D eigenvalue weighted by atomic mass is 9.92. The summed E-state index contributed by atoms with van der Waals surface area (Å²) >= 11 is 0. The predicted octanol–water partition coefficient (Wildman–Crippen LogP) is 5.19. The normalized spacial score (nSPS) is 14.1. The molecule has 22 heavy (non-hydrogen) atoms. The summed E-state index contributed by atoms with van der Waals surface area (Å²) in [6.07, 6.45) is 8.17. The van der Waals surface area contributed by atoms with Crippen molar-refractivity contribution in [3.8, 4) is 0 Å². The third kappa shape index (κ3) is 3.43. The van der Waals surface area contributed by atoms with Crippen molar-refractivity contribution in [3.05, 3.63) is 89.5 Å². The van der Waals surface area contributed by atoms with Gasteiger partial charge in [0.1, 0.15) is 0 Å². The number of carbonyl (C=O) groups excluding carboxylic acids is 1. The van der Waals surface area contributed by atoms with E-state index in [1.165, 1.54) is 6.42 Å². The first-order chi connectivity index (χ1) is 10.8. The van der Waals surface area contributed by atoms with Crippen LogP contribution in [0.5, 0.6) is 0 Å². The Kier molecular flexibility index (Phi) is 4.65. The SMILES string of the molecule is O=C(C=C(c1ccccc1)c1ccccc1)C1=CCCCC1. The van der Waals surface area contributed by atoms with Crippen LogP contribution in [0.2, 0.25) is 0 Å². The first-order valence-electron chi connectivity index (χ1n) is 7.90. The summed E-state index contributed by atoms with van der Waals surface area (Å²) in [7, 11) is 0. The lowest BCUT2D eigenvalue weighted by Crippen LogP contribution is -2.04. The van der Waals surface area contributed by atoms with Gasteiger partial charge in [-0.2, -0.15) is 0 Å². The first kappa shape index (κ1) is 14.5. The number of benzene rings is 2. The van der Waals surface area contributed by atoms with Crippen LogP contribution in [-0.4, -0.2) is 5.78 Å². The van der Waals surface area contributed by atoms with Gasteiger partial charge in [-0.3, -0.25) is 4.79 Å². The van der Waals surface area contributed by atoms with Gasteiger partial charge in [-0.05, 0) is 54.0 Å². The van der Waals surface area contributed by atoms with Crippen molar-refractivity contribution in [3.63, 3.8) is 0 Å². The number of allylic oxidation sites excluding steroid dienone is 3. The predicted molar refractivity (Wildman–Crippen MR) is 91.5 cm³/mol. The topological polar surface area (TPSA) is 17.1 Å². The molecule has 0 heterocycles. The molecule has 1 heteroatoms. The van der Waals surface area contributed by atoms with Crippen LogP contribution in [0.3, 0.4) is 0 Å². The first-order valence-corrected chi connectivity index (χ1v) is 7.90. The van der Waals surface area contributed by atoms with Crippen molar-refractivity contribution in [2.45, 2.75) is 25.7 Å². The molecule has 0 spiro atoms. The molecule has 0 saturated carbocycles. The second-order valence-corrected chi connectivity index (χ2v) is 5.63. The minimum absolute atomic E-state index is 0.155. The molecule has 0 radical (unpaired) electrons. The van der Waals surface area contributed by atoms with E-state index in [0.717, 1.165) is 41.5 Å². The minimum atomic E-state index is 0.155. The van der Waals surface area contributed by atoms with Crippen molar-refractivity contribution in [1.29, 1.82) is 0 Å². The molecule has 0 amide bonds. The van der Waals surface area contributed by atoms with E-state index in [2.05, 4.69) is 30.3 Å². The number of hydrogen-bond donors (Lipinski definition) is 0.